The number of aliphatic carboxylic acids is 1. The van der Waals surface area contributed by atoms with Crippen molar-refractivity contribution in [1.29, 1.82) is 0 Å². The molecule has 0 atom stereocenters. The first kappa shape index (κ1) is 23.3. The Morgan fingerprint density at radius 3 is 2.14 bits per heavy atom. The zero-order chi connectivity index (χ0) is 24.9. The van der Waals surface area contributed by atoms with Crippen LogP contribution in [0.3, 0.4) is 0 Å². The van der Waals surface area contributed by atoms with Crippen LogP contribution in [0.4, 0.5) is 0 Å². The summed E-state index contributed by atoms with van der Waals surface area (Å²) in [6, 6.07) is 24.3. The molecule has 3 aromatic carbocycles. The molecule has 1 amide bonds. The van der Waals surface area contributed by atoms with Crippen molar-refractivity contribution in [2.24, 2.45) is 5.92 Å². The molecule has 1 aromatic heterocycles. The lowest BCUT2D eigenvalue weighted by atomic mass is 9.82. The van der Waals surface area contributed by atoms with Gasteiger partial charge in [-0.1, -0.05) is 59.8 Å². The monoisotopic (exact) mass is 483 g/mol. The SMILES string of the molecule is O=C(NOc1ccc(-c2ccccc2)cc1)c1ccc(-c2noc([C@H]3CC[C@H](C(=O)O)CC3)n2)cc1. The Bertz CT molecular complexity index is 1330. The van der Waals surface area contributed by atoms with Gasteiger partial charge in [0.05, 0.1) is 5.92 Å². The molecule has 4 aromatic rings. The number of aromatic nitrogens is 2. The third kappa shape index (κ3) is 5.27. The van der Waals surface area contributed by atoms with Crippen LogP contribution in [0.25, 0.3) is 22.5 Å². The standard InChI is InChI=1S/C28H25N3O5/c32-26(31-35-24-16-14-19(15-17-24)18-4-2-1-3-5-18)21-8-6-20(7-9-21)25-29-27(36-30-25)22-10-12-23(13-11-22)28(33)34/h1-9,14-17,22-23H,10-13H2,(H,31,32)(H,33,34)/t22-,23-. The first-order valence-electron chi connectivity index (χ1n) is 11.9. The fourth-order valence-electron chi connectivity index (χ4n) is 4.39. The van der Waals surface area contributed by atoms with Crippen LogP contribution in [-0.4, -0.2) is 27.1 Å². The topological polar surface area (TPSA) is 115 Å². The van der Waals surface area contributed by atoms with E-state index in [4.69, 9.17) is 14.5 Å². The van der Waals surface area contributed by atoms with Crippen molar-refractivity contribution < 1.29 is 24.1 Å². The van der Waals surface area contributed by atoms with Gasteiger partial charge >= 0.3 is 5.97 Å². The second kappa shape index (κ2) is 10.4. The second-order valence-corrected chi connectivity index (χ2v) is 8.84. The number of hydrogen-bond donors (Lipinski definition) is 2. The first-order valence-corrected chi connectivity index (χ1v) is 11.9. The summed E-state index contributed by atoms with van der Waals surface area (Å²) in [6.07, 6.45) is 2.65. The predicted octanol–water partition coefficient (Wildman–Crippen LogP) is 5.49. The zero-order valence-corrected chi connectivity index (χ0v) is 19.5. The molecule has 1 aliphatic carbocycles. The molecule has 8 nitrogen and oxygen atoms in total. The largest absolute Gasteiger partial charge is 0.481 e. The highest BCUT2D eigenvalue weighted by Crippen LogP contribution is 2.35. The maximum atomic E-state index is 12.5. The molecule has 0 saturated heterocycles. The lowest BCUT2D eigenvalue weighted by Gasteiger charge is -2.23. The summed E-state index contributed by atoms with van der Waals surface area (Å²) in [5.41, 5.74) is 5.77. The van der Waals surface area contributed by atoms with E-state index in [1.807, 2.05) is 42.5 Å². The Labute approximate surface area is 207 Å². The van der Waals surface area contributed by atoms with Crippen LogP contribution in [0, 0.1) is 5.92 Å². The maximum Gasteiger partial charge on any atom is 0.306 e. The summed E-state index contributed by atoms with van der Waals surface area (Å²) in [7, 11) is 0. The highest BCUT2D eigenvalue weighted by atomic mass is 16.7. The number of carboxylic acid groups (broad SMARTS) is 1. The van der Waals surface area contributed by atoms with E-state index in [1.54, 1.807) is 36.4 Å². The molecule has 5 rings (SSSR count). The van der Waals surface area contributed by atoms with Gasteiger partial charge in [-0.2, -0.15) is 10.5 Å². The molecule has 2 N–H and O–H groups in total. The number of carbonyl (C=O) groups excluding carboxylic acids is 1. The van der Waals surface area contributed by atoms with E-state index in [2.05, 4.69) is 15.6 Å². The maximum absolute atomic E-state index is 12.5. The normalized spacial score (nSPS) is 17.3. The van der Waals surface area contributed by atoms with Crippen molar-refractivity contribution >= 4 is 11.9 Å². The van der Waals surface area contributed by atoms with E-state index in [0.29, 0.717) is 48.7 Å². The predicted molar refractivity (Wildman–Crippen MR) is 132 cm³/mol. The quantitative estimate of drug-likeness (QED) is 0.334. The van der Waals surface area contributed by atoms with Crippen LogP contribution in [0.1, 0.15) is 47.8 Å². The molecule has 0 bridgehead atoms. The molecule has 36 heavy (non-hydrogen) atoms. The van der Waals surface area contributed by atoms with Crippen LogP contribution < -0.4 is 10.3 Å². The van der Waals surface area contributed by atoms with E-state index in [-0.39, 0.29) is 17.7 Å². The van der Waals surface area contributed by atoms with E-state index in [0.717, 1.165) is 16.7 Å². The molecule has 1 saturated carbocycles. The fourth-order valence-corrected chi connectivity index (χ4v) is 4.39. The van der Waals surface area contributed by atoms with E-state index in [1.165, 1.54) is 0 Å². The van der Waals surface area contributed by atoms with Crippen LogP contribution >= 0.6 is 0 Å². The molecule has 0 radical (unpaired) electrons. The van der Waals surface area contributed by atoms with Gasteiger partial charge in [-0.3, -0.25) is 9.59 Å². The number of nitrogens with zero attached hydrogens (tertiary/aromatic N) is 2. The van der Waals surface area contributed by atoms with E-state index >= 15 is 0 Å². The Kier molecular flexibility index (Phi) is 6.75. The number of carbonyl (C=O) groups is 2. The molecule has 1 heterocycles. The highest BCUT2D eigenvalue weighted by molar-refractivity contribution is 5.94. The van der Waals surface area contributed by atoms with E-state index in [9.17, 15) is 9.59 Å². The van der Waals surface area contributed by atoms with Gasteiger partial charge in [0, 0.05) is 17.0 Å². The molecule has 8 heteroatoms. The van der Waals surface area contributed by atoms with Crippen molar-refractivity contribution in [2.75, 3.05) is 0 Å². The number of carboxylic acids is 1. The minimum atomic E-state index is -0.741. The van der Waals surface area contributed by atoms with Crippen molar-refractivity contribution in [1.82, 2.24) is 15.6 Å². The van der Waals surface area contributed by atoms with Crippen LogP contribution in [0.2, 0.25) is 0 Å². The molecule has 182 valence electrons. The number of hydrogen-bond acceptors (Lipinski definition) is 6. The molecule has 0 spiro atoms. The fraction of sp³-hybridized carbons (Fsp3) is 0.214. The van der Waals surface area contributed by atoms with Gasteiger partial charge in [0.2, 0.25) is 11.7 Å². The second-order valence-electron chi connectivity index (χ2n) is 8.84. The summed E-state index contributed by atoms with van der Waals surface area (Å²) in [6.45, 7) is 0. The number of benzene rings is 3. The van der Waals surface area contributed by atoms with Gasteiger partial charge < -0.3 is 14.5 Å². The summed E-state index contributed by atoms with van der Waals surface area (Å²) in [5.74, 6) is 0.157. The zero-order valence-electron chi connectivity index (χ0n) is 19.5. The summed E-state index contributed by atoms with van der Waals surface area (Å²) < 4.78 is 5.45. The summed E-state index contributed by atoms with van der Waals surface area (Å²) >= 11 is 0. The third-order valence-electron chi connectivity index (χ3n) is 6.50. The first-order chi connectivity index (χ1) is 17.6. The summed E-state index contributed by atoms with van der Waals surface area (Å²) in [5, 5.41) is 13.2. The minimum absolute atomic E-state index is 0.0748. The average molecular weight is 484 g/mol. The molecule has 0 unspecified atom stereocenters. The van der Waals surface area contributed by atoms with Crippen LogP contribution in [-0.2, 0) is 4.79 Å². The van der Waals surface area contributed by atoms with Crippen molar-refractivity contribution in [3.8, 4) is 28.3 Å². The van der Waals surface area contributed by atoms with E-state index < -0.39 is 5.97 Å². The third-order valence-corrected chi connectivity index (χ3v) is 6.50. The Balaban J connectivity index is 1.16. The summed E-state index contributed by atoms with van der Waals surface area (Å²) in [4.78, 5) is 33.6. The Morgan fingerprint density at radius 1 is 0.833 bits per heavy atom. The van der Waals surface area contributed by atoms with Crippen molar-refractivity contribution in [3.05, 3.63) is 90.3 Å². The highest BCUT2D eigenvalue weighted by Gasteiger charge is 2.29. The van der Waals surface area contributed by atoms with Gasteiger partial charge in [-0.15, -0.1) is 0 Å². The number of rotatable bonds is 7. The van der Waals surface area contributed by atoms with Gasteiger partial charge in [0.1, 0.15) is 0 Å². The number of nitrogens with one attached hydrogen (secondary N) is 1. The molecular formula is C28H25N3O5. The van der Waals surface area contributed by atoms with Crippen molar-refractivity contribution in [2.45, 2.75) is 31.6 Å². The van der Waals surface area contributed by atoms with Crippen LogP contribution in [0.5, 0.6) is 5.75 Å². The minimum Gasteiger partial charge on any atom is -0.481 e. The van der Waals surface area contributed by atoms with Crippen molar-refractivity contribution in [3.63, 3.8) is 0 Å². The number of amides is 1. The Morgan fingerprint density at radius 2 is 1.47 bits per heavy atom. The molecular weight excluding hydrogens is 458 g/mol. The van der Waals surface area contributed by atoms with Gasteiger partial charge in [0.25, 0.3) is 5.91 Å². The molecule has 0 aliphatic heterocycles. The Hall–Kier alpha value is -4.46. The average Bonchev–Trinajstić information content (AvgIpc) is 3.43. The molecule has 1 aliphatic rings. The number of hydroxylamine groups is 1. The van der Waals surface area contributed by atoms with Gasteiger partial charge in [-0.25, -0.2) is 0 Å². The smallest absolute Gasteiger partial charge is 0.306 e. The van der Waals surface area contributed by atoms with Gasteiger partial charge in [-0.05, 0) is 61.1 Å². The lowest BCUT2D eigenvalue weighted by Crippen LogP contribution is -2.26. The lowest BCUT2D eigenvalue weighted by molar-refractivity contribution is -0.142. The molecule has 1 fully saturated rings. The van der Waals surface area contributed by atoms with Gasteiger partial charge in [0.15, 0.2) is 5.75 Å². The van der Waals surface area contributed by atoms with Crippen LogP contribution in [0.15, 0.2) is 83.4 Å².